The maximum absolute atomic E-state index is 4.29. The molecule has 1 N–H and O–H groups in total. The van der Waals surface area contributed by atoms with E-state index in [4.69, 9.17) is 0 Å². The highest BCUT2D eigenvalue weighted by atomic mass is 15.1. The van der Waals surface area contributed by atoms with Gasteiger partial charge in [-0.2, -0.15) is 0 Å². The van der Waals surface area contributed by atoms with Crippen LogP contribution in [0, 0.1) is 11.8 Å². The highest BCUT2D eigenvalue weighted by Gasteiger charge is 2.22. The van der Waals surface area contributed by atoms with Crippen molar-refractivity contribution in [2.75, 3.05) is 25.0 Å². The molecule has 0 spiro atoms. The Bertz CT molecular complexity index is 368. The van der Waals surface area contributed by atoms with Gasteiger partial charge >= 0.3 is 0 Å². The fourth-order valence-electron chi connectivity index (χ4n) is 2.85. The summed E-state index contributed by atoms with van der Waals surface area (Å²) in [6.45, 7) is 7.95. The predicted octanol–water partition coefficient (Wildman–Crippen LogP) is 2.67. The maximum atomic E-state index is 4.29. The Kier molecular flexibility index (Phi) is 4.59. The topological polar surface area (TPSA) is 28.2 Å². The molecule has 3 heteroatoms. The van der Waals surface area contributed by atoms with Gasteiger partial charge in [0.2, 0.25) is 0 Å². The third kappa shape index (κ3) is 3.02. The third-order valence-electron chi connectivity index (χ3n) is 4.08. The van der Waals surface area contributed by atoms with Gasteiger partial charge in [-0.1, -0.05) is 13.8 Å². The number of nitrogens with zero attached hydrogens (tertiary/aromatic N) is 2. The average Bonchev–Trinajstić information content (AvgIpc) is 2.40. The molecule has 2 rings (SSSR count). The van der Waals surface area contributed by atoms with Crippen molar-refractivity contribution in [1.82, 2.24) is 10.3 Å². The molecule has 1 aromatic heterocycles. The highest BCUT2D eigenvalue weighted by Crippen LogP contribution is 2.29. The predicted molar refractivity (Wildman–Crippen MR) is 76.8 cm³/mol. The van der Waals surface area contributed by atoms with Crippen LogP contribution in [0.4, 0.5) is 5.69 Å². The van der Waals surface area contributed by atoms with Crippen LogP contribution in [0.5, 0.6) is 0 Å². The summed E-state index contributed by atoms with van der Waals surface area (Å²) in [4.78, 5) is 6.79. The monoisotopic (exact) mass is 247 g/mol. The molecule has 3 nitrogen and oxygen atoms in total. The van der Waals surface area contributed by atoms with E-state index in [1.807, 2.05) is 19.4 Å². The van der Waals surface area contributed by atoms with E-state index in [-0.39, 0.29) is 0 Å². The lowest BCUT2D eigenvalue weighted by atomic mass is 9.86. The van der Waals surface area contributed by atoms with Crippen LogP contribution in [0.3, 0.4) is 0 Å². The smallest absolute Gasteiger partial charge is 0.0598 e. The van der Waals surface area contributed by atoms with Crippen molar-refractivity contribution in [3.05, 3.63) is 24.0 Å². The van der Waals surface area contributed by atoms with E-state index in [1.54, 1.807) is 0 Å². The fraction of sp³-hybridized carbons (Fsp3) is 0.667. The summed E-state index contributed by atoms with van der Waals surface area (Å²) in [7, 11) is 2.00. The molecule has 0 unspecified atom stereocenters. The summed E-state index contributed by atoms with van der Waals surface area (Å²) < 4.78 is 0. The number of aromatic nitrogens is 1. The molecule has 1 fully saturated rings. The first-order valence-corrected chi connectivity index (χ1v) is 7.04. The molecule has 0 aliphatic carbocycles. The minimum absolute atomic E-state index is 0.817. The van der Waals surface area contributed by atoms with Gasteiger partial charge in [-0.25, -0.2) is 0 Å². The molecule has 1 aromatic rings. The van der Waals surface area contributed by atoms with Crippen LogP contribution in [0.25, 0.3) is 0 Å². The van der Waals surface area contributed by atoms with Gasteiger partial charge in [0.15, 0.2) is 0 Å². The van der Waals surface area contributed by atoms with Gasteiger partial charge in [-0.05, 0) is 43.4 Å². The summed E-state index contributed by atoms with van der Waals surface area (Å²) in [5.74, 6) is 1.71. The highest BCUT2D eigenvalue weighted by molar-refractivity contribution is 5.51. The fourth-order valence-corrected chi connectivity index (χ4v) is 2.85. The molecule has 1 aliphatic rings. The Balaban J connectivity index is 2.05. The zero-order valence-electron chi connectivity index (χ0n) is 11.8. The van der Waals surface area contributed by atoms with Crippen molar-refractivity contribution in [1.29, 1.82) is 0 Å². The van der Waals surface area contributed by atoms with Gasteiger partial charge in [0.1, 0.15) is 0 Å². The molecule has 0 bridgehead atoms. The van der Waals surface area contributed by atoms with Crippen LogP contribution in [0.2, 0.25) is 0 Å². The first-order valence-electron chi connectivity index (χ1n) is 7.04. The van der Waals surface area contributed by atoms with Gasteiger partial charge in [0.25, 0.3) is 0 Å². The lowest BCUT2D eigenvalue weighted by Crippen LogP contribution is -2.36. The number of nitrogens with one attached hydrogen (secondary N) is 1. The van der Waals surface area contributed by atoms with E-state index in [0.717, 1.165) is 18.4 Å². The molecular formula is C15H25N3. The van der Waals surface area contributed by atoms with E-state index in [9.17, 15) is 0 Å². The number of piperidine rings is 1. The zero-order chi connectivity index (χ0) is 13.0. The quantitative estimate of drug-likeness (QED) is 0.886. The molecular weight excluding hydrogens is 222 g/mol. The van der Waals surface area contributed by atoms with Crippen molar-refractivity contribution in [3.63, 3.8) is 0 Å². The van der Waals surface area contributed by atoms with E-state index in [1.165, 1.54) is 37.2 Å². The molecule has 0 amide bonds. The maximum Gasteiger partial charge on any atom is 0.0598 e. The SMILES string of the molecule is CNCc1ccncc1N1CCC(C(C)C)CC1. The largest absolute Gasteiger partial charge is 0.370 e. The van der Waals surface area contributed by atoms with E-state index in [0.29, 0.717) is 0 Å². The minimum atomic E-state index is 0.817. The molecule has 2 heterocycles. The van der Waals surface area contributed by atoms with E-state index < -0.39 is 0 Å². The van der Waals surface area contributed by atoms with Gasteiger partial charge in [0.05, 0.1) is 11.9 Å². The first kappa shape index (κ1) is 13.3. The normalized spacial score (nSPS) is 17.4. The number of hydrogen-bond acceptors (Lipinski definition) is 3. The molecule has 100 valence electrons. The minimum Gasteiger partial charge on any atom is -0.370 e. The number of anilines is 1. The number of hydrogen-bond donors (Lipinski definition) is 1. The van der Waals surface area contributed by atoms with Crippen molar-refractivity contribution in [2.45, 2.75) is 33.2 Å². The molecule has 0 radical (unpaired) electrons. The molecule has 0 saturated carbocycles. The van der Waals surface area contributed by atoms with Crippen LogP contribution in [0.1, 0.15) is 32.3 Å². The average molecular weight is 247 g/mol. The van der Waals surface area contributed by atoms with Crippen molar-refractivity contribution in [2.24, 2.45) is 11.8 Å². The van der Waals surface area contributed by atoms with Gasteiger partial charge in [0, 0.05) is 25.8 Å². The van der Waals surface area contributed by atoms with Crippen LogP contribution in [-0.2, 0) is 6.54 Å². The van der Waals surface area contributed by atoms with Crippen LogP contribution < -0.4 is 10.2 Å². The third-order valence-corrected chi connectivity index (χ3v) is 4.08. The van der Waals surface area contributed by atoms with Crippen LogP contribution >= 0.6 is 0 Å². The summed E-state index contributed by atoms with van der Waals surface area (Å²) in [5, 5.41) is 3.24. The molecule has 1 aliphatic heterocycles. The standard InChI is InChI=1S/C15H25N3/c1-12(2)13-5-8-18(9-6-13)15-11-17-7-4-14(15)10-16-3/h4,7,11-13,16H,5-6,8-10H2,1-3H3. The Hall–Kier alpha value is -1.09. The van der Waals surface area contributed by atoms with Crippen LogP contribution in [0.15, 0.2) is 18.5 Å². The second-order valence-electron chi connectivity index (χ2n) is 5.60. The van der Waals surface area contributed by atoms with Crippen molar-refractivity contribution >= 4 is 5.69 Å². The van der Waals surface area contributed by atoms with Crippen molar-refractivity contribution < 1.29 is 0 Å². The lowest BCUT2D eigenvalue weighted by molar-refractivity contribution is 0.311. The second kappa shape index (κ2) is 6.19. The summed E-state index contributed by atoms with van der Waals surface area (Å²) >= 11 is 0. The van der Waals surface area contributed by atoms with Crippen molar-refractivity contribution in [3.8, 4) is 0 Å². The van der Waals surface area contributed by atoms with Gasteiger partial charge in [-0.15, -0.1) is 0 Å². The molecule has 18 heavy (non-hydrogen) atoms. The lowest BCUT2D eigenvalue weighted by Gasteiger charge is -2.36. The Morgan fingerprint density at radius 2 is 2.11 bits per heavy atom. The zero-order valence-corrected chi connectivity index (χ0v) is 11.8. The summed E-state index contributed by atoms with van der Waals surface area (Å²) in [6.07, 6.45) is 6.52. The second-order valence-corrected chi connectivity index (χ2v) is 5.60. The first-order chi connectivity index (χ1) is 8.72. The van der Waals surface area contributed by atoms with Gasteiger partial charge in [-0.3, -0.25) is 4.98 Å². The molecule has 0 atom stereocenters. The molecule has 0 aromatic carbocycles. The molecule has 1 saturated heterocycles. The Morgan fingerprint density at radius 3 is 2.72 bits per heavy atom. The van der Waals surface area contributed by atoms with E-state index in [2.05, 4.69) is 35.1 Å². The van der Waals surface area contributed by atoms with Crippen LogP contribution in [-0.4, -0.2) is 25.1 Å². The summed E-state index contributed by atoms with van der Waals surface area (Å²) in [6, 6.07) is 2.13. The Morgan fingerprint density at radius 1 is 1.39 bits per heavy atom. The Labute approximate surface area is 111 Å². The van der Waals surface area contributed by atoms with E-state index >= 15 is 0 Å². The number of pyridine rings is 1. The number of rotatable bonds is 4. The van der Waals surface area contributed by atoms with Gasteiger partial charge < -0.3 is 10.2 Å². The summed E-state index contributed by atoms with van der Waals surface area (Å²) in [5.41, 5.74) is 2.67.